The van der Waals surface area contributed by atoms with Gasteiger partial charge in [-0.1, -0.05) is 6.58 Å². The Kier molecular flexibility index (Phi) is 8.21. The van der Waals surface area contributed by atoms with Crippen LogP contribution in [-0.2, 0) is 33.3 Å². The highest BCUT2D eigenvalue weighted by molar-refractivity contribution is 5.94. The fourth-order valence-electron chi connectivity index (χ4n) is 0.826. The molecule has 0 amide bonds. The third kappa shape index (κ3) is 7.39. The van der Waals surface area contributed by atoms with Crippen LogP contribution in [0.1, 0.15) is 6.42 Å². The Balaban J connectivity index is 3.85. The van der Waals surface area contributed by atoms with E-state index in [1.807, 2.05) is 0 Å². The lowest BCUT2D eigenvalue weighted by molar-refractivity contribution is -0.157. The minimum absolute atomic E-state index is 0.0794. The summed E-state index contributed by atoms with van der Waals surface area (Å²) in [6.45, 7) is 3.15. The van der Waals surface area contributed by atoms with Gasteiger partial charge in [0.1, 0.15) is 6.61 Å². The smallest absolute Gasteiger partial charge is 0.344 e. The third-order valence-corrected chi connectivity index (χ3v) is 1.75. The molecule has 0 aliphatic heterocycles. The summed E-state index contributed by atoms with van der Waals surface area (Å²) in [5.74, 6) is -2.16. The molecule has 0 spiro atoms. The van der Waals surface area contributed by atoms with E-state index >= 15 is 0 Å². The van der Waals surface area contributed by atoms with E-state index in [9.17, 15) is 14.4 Å². The van der Waals surface area contributed by atoms with Crippen molar-refractivity contribution < 1.29 is 33.3 Å². The predicted octanol–water partition coefficient (Wildman–Crippen LogP) is -0.161. The number of ether oxygens (including phenoxy) is 4. The first-order valence-corrected chi connectivity index (χ1v) is 5.07. The van der Waals surface area contributed by atoms with Gasteiger partial charge in [0.2, 0.25) is 0 Å². The number of hydrogen-bond acceptors (Lipinski definition) is 7. The lowest BCUT2D eigenvalue weighted by Crippen LogP contribution is -2.19. The number of carbonyl (C=O) groups excluding carboxylic acids is 3. The number of hydrogen-bond donors (Lipinski definition) is 0. The van der Waals surface area contributed by atoms with Gasteiger partial charge in [-0.15, -0.1) is 0 Å². The second-order valence-electron chi connectivity index (χ2n) is 3.15. The van der Waals surface area contributed by atoms with Gasteiger partial charge in [-0.05, 0) is 0 Å². The Bertz CT molecular complexity index is 321. The zero-order valence-corrected chi connectivity index (χ0v) is 10.4. The van der Waals surface area contributed by atoms with Crippen molar-refractivity contribution in [3.8, 4) is 0 Å². The highest BCUT2D eigenvalue weighted by atomic mass is 16.6. The highest BCUT2D eigenvalue weighted by Crippen LogP contribution is 2.02. The lowest BCUT2D eigenvalue weighted by atomic mass is 10.2. The van der Waals surface area contributed by atoms with Crippen molar-refractivity contribution in [2.45, 2.75) is 6.42 Å². The number of esters is 3. The normalized spacial score (nSPS) is 9.44. The Morgan fingerprint density at radius 1 is 1.00 bits per heavy atom. The van der Waals surface area contributed by atoms with E-state index in [0.29, 0.717) is 0 Å². The third-order valence-electron chi connectivity index (χ3n) is 1.75. The topological polar surface area (TPSA) is 88.1 Å². The molecule has 0 rings (SSSR count). The molecule has 0 heterocycles. The van der Waals surface area contributed by atoms with Crippen LogP contribution in [0.3, 0.4) is 0 Å². The van der Waals surface area contributed by atoms with Crippen LogP contribution in [0.25, 0.3) is 0 Å². The van der Waals surface area contributed by atoms with Crippen LogP contribution < -0.4 is 0 Å². The maximum absolute atomic E-state index is 11.3. The molecule has 102 valence electrons. The first-order valence-electron chi connectivity index (χ1n) is 5.07. The van der Waals surface area contributed by atoms with Crippen molar-refractivity contribution in [3.05, 3.63) is 12.2 Å². The molecule has 0 aliphatic carbocycles. The Labute approximate surface area is 105 Å². The van der Waals surface area contributed by atoms with Gasteiger partial charge in [0.15, 0.2) is 6.61 Å². The van der Waals surface area contributed by atoms with Crippen LogP contribution >= 0.6 is 0 Å². The van der Waals surface area contributed by atoms with Gasteiger partial charge in [0.05, 0.1) is 20.1 Å². The lowest BCUT2D eigenvalue weighted by Gasteiger charge is -2.06. The van der Waals surface area contributed by atoms with Gasteiger partial charge in [0.25, 0.3) is 0 Å². The monoisotopic (exact) mass is 260 g/mol. The molecule has 0 fully saturated rings. The summed E-state index contributed by atoms with van der Waals surface area (Å²) in [5, 5.41) is 0. The molecule has 0 unspecified atom stereocenters. The standard InChI is InChI=1S/C11H16O7/c1-8(6-9(12)16-3)11(14)18-7-10(13)17-5-4-15-2/h1,4-7H2,2-3H3. The second kappa shape index (κ2) is 9.17. The van der Waals surface area contributed by atoms with E-state index < -0.39 is 24.5 Å². The van der Waals surface area contributed by atoms with E-state index in [4.69, 9.17) is 0 Å². The minimum Gasteiger partial charge on any atom is -0.469 e. The summed E-state index contributed by atoms with van der Waals surface area (Å²) in [7, 11) is 2.65. The molecule has 0 bridgehead atoms. The van der Waals surface area contributed by atoms with Crippen LogP contribution in [0.15, 0.2) is 12.2 Å². The second-order valence-corrected chi connectivity index (χ2v) is 3.15. The molecule has 0 aliphatic rings. The van der Waals surface area contributed by atoms with E-state index in [2.05, 4.69) is 25.5 Å². The van der Waals surface area contributed by atoms with E-state index in [0.717, 1.165) is 0 Å². The van der Waals surface area contributed by atoms with Gasteiger partial charge in [-0.3, -0.25) is 4.79 Å². The molecule has 0 aromatic heterocycles. The van der Waals surface area contributed by atoms with Crippen molar-refractivity contribution >= 4 is 17.9 Å². The fraction of sp³-hybridized carbons (Fsp3) is 0.545. The van der Waals surface area contributed by atoms with E-state index in [1.165, 1.54) is 14.2 Å². The predicted molar refractivity (Wildman–Crippen MR) is 59.6 cm³/mol. The van der Waals surface area contributed by atoms with Gasteiger partial charge >= 0.3 is 17.9 Å². The van der Waals surface area contributed by atoms with E-state index in [1.54, 1.807) is 0 Å². The number of carbonyl (C=O) groups is 3. The van der Waals surface area contributed by atoms with Crippen LogP contribution in [0.5, 0.6) is 0 Å². The van der Waals surface area contributed by atoms with Crippen LogP contribution in [0.4, 0.5) is 0 Å². The molecular formula is C11H16O7. The number of methoxy groups -OCH3 is 2. The summed E-state index contributed by atoms with van der Waals surface area (Å²) < 4.78 is 18.2. The molecule has 0 saturated heterocycles. The zero-order chi connectivity index (χ0) is 14.0. The minimum atomic E-state index is -0.843. The number of rotatable bonds is 8. The first-order chi connectivity index (χ1) is 8.51. The molecule has 0 N–H and O–H groups in total. The average Bonchev–Trinajstić information content (AvgIpc) is 2.35. The zero-order valence-electron chi connectivity index (χ0n) is 10.4. The summed E-state index contributed by atoms with van der Waals surface area (Å²) in [5.41, 5.74) is -0.0912. The van der Waals surface area contributed by atoms with Crippen molar-refractivity contribution in [2.24, 2.45) is 0 Å². The SMILES string of the molecule is C=C(CC(=O)OC)C(=O)OCC(=O)OCCOC. The van der Waals surface area contributed by atoms with E-state index in [-0.39, 0.29) is 25.2 Å². The molecule has 0 saturated carbocycles. The molecule has 0 atom stereocenters. The van der Waals surface area contributed by atoms with Gasteiger partial charge in [-0.2, -0.15) is 0 Å². The van der Waals surface area contributed by atoms with Gasteiger partial charge < -0.3 is 18.9 Å². The van der Waals surface area contributed by atoms with Crippen molar-refractivity contribution in [2.75, 3.05) is 34.0 Å². The quantitative estimate of drug-likeness (QED) is 0.259. The summed E-state index contributed by atoms with van der Waals surface area (Å²) >= 11 is 0. The van der Waals surface area contributed by atoms with Gasteiger partial charge in [-0.25, -0.2) is 9.59 Å². The fourth-order valence-corrected chi connectivity index (χ4v) is 0.826. The van der Waals surface area contributed by atoms with Crippen LogP contribution in [0, 0.1) is 0 Å². The summed E-state index contributed by atoms with van der Waals surface area (Å²) in [4.78, 5) is 33.2. The summed E-state index contributed by atoms with van der Waals surface area (Å²) in [6, 6.07) is 0. The molecule has 0 aromatic carbocycles. The highest BCUT2D eigenvalue weighted by Gasteiger charge is 2.15. The molecule has 0 aromatic rings. The maximum atomic E-state index is 11.3. The molecule has 0 radical (unpaired) electrons. The molecular weight excluding hydrogens is 244 g/mol. The van der Waals surface area contributed by atoms with Crippen molar-refractivity contribution in [3.63, 3.8) is 0 Å². The molecule has 18 heavy (non-hydrogen) atoms. The maximum Gasteiger partial charge on any atom is 0.344 e. The first kappa shape index (κ1) is 16.1. The molecule has 7 nitrogen and oxygen atoms in total. The Morgan fingerprint density at radius 2 is 1.67 bits per heavy atom. The van der Waals surface area contributed by atoms with Crippen molar-refractivity contribution in [1.82, 2.24) is 0 Å². The van der Waals surface area contributed by atoms with Crippen LogP contribution in [-0.4, -0.2) is 51.9 Å². The van der Waals surface area contributed by atoms with Gasteiger partial charge in [0, 0.05) is 12.7 Å². The Hall–Kier alpha value is -1.89. The largest absolute Gasteiger partial charge is 0.469 e. The van der Waals surface area contributed by atoms with Crippen molar-refractivity contribution in [1.29, 1.82) is 0 Å². The van der Waals surface area contributed by atoms with Crippen LogP contribution in [0.2, 0.25) is 0 Å². The average molecular weight is 260 g/mol. The Morgan fingerprint density at radius 3 is 2.22 bits per heavy atom. The molecule has 7 heteroatoms. The summed E-state index contributed by atoms with van der Waals surface area (Å²) in [6.07, 6.45) is -0.284.